The third kappa shape index (κ3) is 1.95. The molecule has 25 heavy (non-hydrogen) atoms. The van der Waals surface area contributed by atoms with Gasteiger partial charge in [0.1, 0.15) is 22.9 Å². The summed E-state index contributed by atoms with van der Waals surface area (Å²) in [6.07, 6.45) is 3.56. The fourth-order valence-corrected chi connectivity index (χ4v) is 4.02. The largest absolute Gasteiger partial charge is 0.384 e. The minimum absolute atomic E-state index is 0.168. The molecule has 0 unspecified atom stereocenters. The number of hydrogen-bond donors (Lipinski definition) is 3. The molecule has 4 rings (SSSR count). The molecule has 2 aromatic heterocycles. The van der Waals surface area contributed by atoms with Gasteiger partial charge in [0, 0.05) is 24.4 Å². The summed E-state index contributed by atoms with van der Waals surface area (Å²) in [5, 5.41) is 6.26. The normalized spacial score (nSPS) is 16.5. The van der Waals surface area contributed by atoms with Gasteiger partial charge in [0.05, 0.1) is 0 Å². The van der Waals surface area contributed by atoms with Crippen molar-refractivity contribution in [1.29, 1.82) is 0 Å². The minimum Gasteiger partial charge on any atom is -0.384 e. The van der Waals surface area contributed by atoms with Gasteiger partial charge in [-0.2, -0.15) is 0 Å². The average molecular weight is 339 g/mol. The van der Waals surface area contributed by atoms with E-state index in [-0.39, 0.29) is 11.5 Å². The first-order chi connectivity index (χ1) is 11.9. The quantitative estimate of drug-likeness (QED) is 0.663. The van der Waals surface area contributed by atoms with Crippen molar-refractivity contribution in [2.75, 3.05) is 11.1 Å². The summed E-state index contributed by atoms with van der Waals surface area (Å²) >= 11 is 0. The van der Waals surface area contributed by atoms with Gasteiger partial charge >= 0.3 is 0 Å². The van der Waals surface area contributed by atoms with E-state index in [1.54, 1.807) is 16.8 Å². The van der Waals surface area contributed by atoms with Crippen molar-refractivity contribution < 1.29 is 4.79 Å². The molecule has 4 heterocycles. The smallest absolute Gasteiger partial charge is 0.277 e. The Morgan fingerprint density at radius 1 is 1.32 bits per heavy atom. The number of carbonyl (C=O) groups excluding carboxylic acids is 1. The molecule has 0 spiro atoms. The van der Waals surface area contributed by atoms with Gasteiger partial charge < -0.3 is 16.4 Å². The Balaban J connectivity index is 2.00. The molecule has 2 aliphatic heterocycles. The Bertz CT molecular complexity index is 972. The number of aromatic nitrogens is 2. The van der Waals surface area contributed by atoms with Crippen molar-refractivity contribution in [3.05, 3.63) is 45.0 Å². The van der Waals surface area contributed by atoms with Gasteiger partial charge in [-0.15, -0.1) is 0 Å². The molecule has 4 N–H and O–H groups in total. The molecule has 0 atom stereocenters. The molecule has 0 bridgehead atoms. The number of amides is 1. The van der Waals surface area contributed by atoms with Crippen LogP contribution >= 0.6 is 0 Å². The maximum absolute atomic E-state index is 13.3. The Labute approximate surface area is 145 Å². The minimum atomic E-state index is -0.664. The lowest BCUT2D eigenvalue weighted by Crippen LogP contribution is -2.47. The molecule has 0 radical (unpaired) electrons. The number of hydrogen-bond acceptors (Lipinski definition) is 5. The number of fused-ring (bicyclic) bond motifs is 3. The summed E-state index contributed by atoms with van der Waals surface area (Å²) in [5.41, 5.74) is 9.40. The van der Waals surface area contributed by atoms with E-state index < -0.39 is 5.66 Å². The predicted molar refractivity (Wildman–Crippen MR) is 96.2 cm³/mol. The fourth-order valence-electron chi connectivity index (χ4n) is 4.02. The van der Waals surface area contributed by atoms with Crippen LogP contribution in [0.5, 0.6) is 0 Å². The van der Waals surface area contributed by atoms with Crippen LogP contribution in [0.4, 0.5) is 17.2 Å². The molecule has 0 aliphatic carbocycles. The summed E-state index contributed by atoms with van der Waals surface area (Å²) < 4.78 is 1.64. The topological polar surface area (TPSA) is 102 Å². The molecule has 0 saturated carbocycles. The second-order valence-electron chi connectivity index (χ2n) is 6.73. The van der Waals surface area contributed by atoms with Gasteiger partial charge in [-0.05, 0) is 36.5 Å². The SMILES string of the molecule is CCC1(CC)NC(=O)c2c(C)c3c(c(=O)n21)Nc1cc(N)ncc1C3. The van der Waals surface area contributed by atoms with Gasteiger partial charge in [-0.1, -0.05) is 13.8 Å². The lowest BCUT2D eigenvalue weighted by molar-refractivity contribution is 0.0910. The second kappa shape index (κ2) is 5.08. The summed E-state index contributed by atoms with van der Waals surface area (Å²) in [4.78, 5) is 30.1. The van der Waals surface area contributed by atoms with Crippen LogP contribution in [0.15, 0.2) is 17.1 Å². The van der Waals surface area contributed by atoms with Crippen LogP contribution in [0.3, 0.4) is 0 Å². The van der Waals surface area contributed by atoms with Crippen molar-refractivity contribution in [3.8, 4) is 0 Å². The number of carbonyl (C=O) groups is 1. The summed E-state index contributed by atoms with van der Waals surface area (Å²) in [5.74, 6) is 0.225. The van der Waals surface area contributed by atoms with Gasteiger partial charge in [0.15, 0.2) is 0 Å². The molecule has 2 aliphatic rings. The third-order valence-corrected chi connectivity index (χ3v) is 5.54. The molecule has 0 fully saturated rings. The maximum atomic E-state index is 13.3. The van der Waals surface area contributed by atoms with Crippen LogP contribution in [-0.2, 0) is 12.1 Å². The Morgan fingerprint density at radius 3 is 2.72 bits per heavy atom. The standard InChI is InChI=1S/C18H21N5O2/c1-4-18(5-2)22-16(24)15-9(3)11-6-10-8-20-13(19)7-12(10)21-14(11)17(25)23(15)18/h7-8,21H,4-6H2,1-3H3,(H2,19,20)(H,22,24). The number of nitrogen functional groups attached to an aromatic ring is 1. The van der Waals surface area contributed by atoms with Crippen LogP contribution in [0.1, 0.15) is 53.9 Å². The average Bonchev–Trinajstić information content (AvgIpc) is 2.91. The lowest BCUT2D eigenvalue weighted by atomic mass is 9.94. The molecule has 130 valence electrons. The number of nitrogens with one attached hydrogen (secondary N) is 2. The molecule has 7 heteroatoms. The highest BCUT2D eigenvalue weighted by molar-refractivity contribution is 5.98. The first-order valence-electron chi connectivity index (χ1n) is 8.54. The number of anilines is 3. The van der Waals surface area contributed by atoms with E-state index in [1.807, 2.05) is 20.8 Å². The zero-order valence-electron chi connectivity index (χ0n) is 14.6. The highest BCUT2D eigenvalue weighted by atomic mass is 16.2. The summed E-state index contributed by atoms with van der Waals surface area (Å²) in [6.45, 7) is 5.87. The van der Waals surface area contributed by atoms with Gasteiger partial charge in [-0.3, -0.25) is 14.2 Å². The van der Waals surface area contributed by atoms with Crippen LogP contribution in [0.2, 0.25) is 0 Å². The molecular formula is C18H21N5O2. The van der Waals surface area contributed by atoms with E-state index >= 15 is 0 Å². The Kier molecular flexibility index (Phi) is 3.19. The molecule has 1 amide bonds. The van der Waals surface area contributed by atoms with Crippen molar-refractivity contribution in [2.45, 2.75) is 45.7 Å². The zero-order valence-corrected chi connectivity index (χ0v) is 14.6. The second-order valence-corrected chi connectivity index (χ2v) is 6.73. The number of pyridine rings is 2. The molecular weight excluding hydrogens is 318 g/mol. The summed E-state index contributed by atoms with van der Waals surface area (Å²) in [7, 11) is 0. The van der Waals surface area contributed by atoms with E-state index in [2.05, 4.69) is 15.6 Å². The first-order valence-corrected chi connectivity index (χ1v) is 8.54. The Morgan fingerprint density at radius 2 is 2.04 bits per heavy atom. The summed E-state index contributed by atoms with van der Waals surface area (Å²) in [6, 6.07) is 1.74. The zero-order chi connectivity index (χ0) is 17.9. The highest BCUT2D eigenvalue weighted by Crippen LogP contribution is 2.37. The van der Waals surface area contributed by atoms with E-state index in [9.17, 15) is 9.59 Å². The van der Waals surface area contributed by atoms with E-state index in [1.165, 1.54) is 0 Å². The maximum Gasteiger partial charge on any atom is 0.277 e. The number of nitrogens with two attached hydrogens (primary N) is 1. The fraction of sp³-hybridized carbons (Fsp3) is 0.389. The molecule has 2 aromatic rings. The van der Waals surface area contributed by atoms with Gasteiger partial charge in [-0.25, -0.2) is 4.98 Å². The molecule has 7 nitrogen and oxygen atoms in total. The number of rotatable bonds is 2. The highest BCUT2D eigenvalue weighted by Gasteiger charge is 2.43. The third-order valence-electron chi connectivity index (χ3n) is 5.54. The predicted octanol–water partition coefficient (Wildman–Crippen LogP) is 2.00. The molecule has 0 aromatic carbocycles. The van der Waals surface area contributed by atoms with Crippen molar-refractivity contribution in [1.82, 2.24) is 14.9 Å². The van der Waals surface area contributed by atoms with E-state index in [4.69, 9.17) is 5.73 Å². The lowest BCUT2D eigenvalue weighted by Gasteiger charge is -2.31. The number of nitrogens with zero attached hydrogens (tertiary/aromatic N) is 2. The molecule has 0 saturated heterocycles. The Hall–Kier alpha value is -2.83. The van der Waals surface area contributed by atoms with Crippen LogP contribution in [0, 0.1) is 6.92 Å². The first kappa shape index (κ1) is 15.7. The van der Waals surface area contributed by atoms with Crippen molar-refractivity contribution in [2.24, 2.45) is 0 Å². The van der Waals surface area contributed by atoms with Crippen molar-refractivity contribution in [3.63, 3.8) is 0 Å². The van der Waals surface area contributed by atoms with Gasteiger partial charge in [0.2, 0.25) is 0 Å². The van der Waals surface area contributed by atoms with E-state index in [0.29, 0.717) is 36.5 Å². The monoisotopic (exact) mass is 339 g/mol. The van der Waals surface area contributed by atoms with Crippen LogP contribution in [0.25, 0.3) is 0 Å². The van der Waals surface area contributed by atoms with Crippen LogP contribution in [-0.4, -0.2) is 15.5 Å². The van der Waals surface area contributed by atoms with Crippen molar-refractivity contribution >= 4 is 23.1 Å². The van der Waals surface area contributed by atoms with Crippen LogP contribution < -0.4 is 21.9 Å². The van der Waals surface area contributed by atoms with E-state index in [0.717, 1.165) is 22.4 Å². The van der Waals surface area contributed by atoms with Gasteiger partial charge in [0.25, 0.3) is 11.5 Å².